The van der Waals surface area contributed by atoms with E-state index in [0.29, 0.717) is 25.5 Å². The quantitative estimate of drug-likeness (QED) is 0.832. The SMILES string of the molecule is O=C(O)N1CCCC(n2cccc(-c3ccc(C(F)(F)F)cc3O)c2=O)C1. The molecule has 1 fully saturated rings. The van der Waals surface area contributed by atoms with Gasteiger partial charge in [-0.15, -0.1) is 0 Å². The first-order chi connectivity index (χ1) is 12.7. The Balaban J connectivity index is 1.99. The van der Waals surface area contributed by atoms with Gasteiger partial charge in [0.05, 0.1) is 17.2 Å². The highest BCUT2D eigenvalue weighted by Crippen LogP contribution is 2.35. The summed E-state index contributed by atoms with van der Waals surface area (Å²) in [6.07, 6.45) is -2.95. The van der Waals surface area contributed by atoms with Crippen LogP contribution in [0.3, 0.4) is 0 Å². The standard InChI is InChI=1S/C18H17F3N2O4/c19-18(20,21)11-5-6-13(15(24)9-11)14-4-2-8-23(16(14)25)12-3-1-7-22(10-12)17(26)27/h2,4-6,8-9,12,24H,1,3,7,10H2,(H,26,27). The van der Waals surface area contributed by atoms with Gasteiger partial charge in [0.1, 0.15) is 5.75 Å². The second kappa shape index (κ2) is 6.98. The van der Waals surface area contributed by atoms with Crippen LogP contribution in [0.1, 0.15) is 24.4 Å². The lowest BCUT2D eigenvalue weighted by Crippen LogP contribution is -2.42. The van der Waals surface area contributed by atoms with Crippen LogP contribution in [0.4, 0.5) is 18.0 Å². The lowest BCUT2D eigenvalue weighted by atomic mass is 10.0. The van der Waals surface area contributed by atoms with Gasteiger partial charge in [0.15, 0.2) is 0 Å². The van der Waals surface area contributed by atoms with Crippen LogP contribution in [0.2, 0.25) is 0 Å². The molecule has 27 heavy (non-hydrogen) atoms. The summed E-state index contributed by atoms with van der Waals surface area (Å²) >= 11 is 0. The minimum Gasteiger partial charge on any atom is -0.507 e. The van der Waals surface area contributed by atoms with E-state index in [-0.39, 0.29) is 23.7 Å². The van der Waals surface area contributed by atoms with Gasteiger partial charge in [-0.3, -0.25) is 4.79 Å². The molecule has 0 bridgehead atoms. The normalized spacial score (nSPS) is 17.7. The second-order valence-corrected chi connectivity index (χ2v) is 6.39. The van der Waals surface area contributed by atoms with Crippen molar-refractivity contribution in [3.05, 3.63) is 52.4 Å². The molecule has 1 aliphatic rings. The first kappa shape index (κ1) is 18.8. The Morgan fingerprint density at radius 3 is 2.56 bits per heavy atom. The number of amides is 1. The Labute approximate surface area is 152 Å². The molecule has 1 aromatic heterocycles. The third-order valence-electron chi connectivity index (χ3n) is 4.65. The summed E-state index contributed by atoms with van der Waals surface area (Å²) in [5.74, 6) is -0.643. The summed E-state index contributed by atoms with van der Waals surface area (Å²) in [7, 11) is 0. The molecule has 0 aliphatic carbocycles. The van der Waals surface area contributed by atoms with Crippen LogP contribution >= 0.6 is 0 Å². The molecule has 6 nitrogen and oxygen atoms in total. The van der Waals surface area contributed by atoms with E-state index in [1.165, 1.54) is 21.7 Å². The van der Waals surface area contributed by atoms with Crippen molar-refractivity contribution in [1.29, 1.82) is 0 Å². The molecular formula is C18H17F3N2O4. The average molecular weight is 382 g/mol. The van der Waals surface area contributed by atoms with Crippen molar-refractivity contribution < 1.29 is 28.2 Å². The summed E-state index contributed by atoms with van der Waals surface area (Å²) in [5.41, 5.74) is -1.46. The van der Waals surface area contributed by atoms with Gasteiger partial charge in [-0.05, 0) is 43.2 Å². The fourth-order valence-electron chi connectivity index (χ4n) is 3.29. The molecule has 3 rings (SSSR count). The summed E-state index contributed by atoms with van der Waals surface area (Å²) in [4.78, 5) is 25.2. The van der Waals surface area contributed by atoms with E-state index in [4.69, 9.17) is 5.11 Å². The number of carbonyl (C=O) groups is 1. The molecule has 2 aromatic rings. The van der Waals surface area contributed by atoms with Gasteiger partial charge in [0, 0.05) is 24.8 Å². The van der Waals surface area contributed by atoms with Gasteiger partial charge in [-0.2, -0.15) is 13.2 Å². The maximum atomic E-state index is 12.8. The van der Waals surface area contributed by atoms with Gasteiger partial charge in [0.2, 0.25) is 0 Å². The third kappa shape index (κ3) is 3.76. The lowest BCUT2D eigenvalue weighted by Gasteiger charge is -2.32. The van der Waals surface area contributed by atoms with Crippen molar-refractivity contribution in [2.75, 3.05) is 13.1 Å². The number of halogens is 3. The van der Waals surface area contributed by atoms with E-state index >= 15 is 0 Å². The summed E-state index contributed by atoms with van der Waals surface area (Å²) in [5, 5.41) is 19.2. The zero-order valence-electron chi connectivity index (χ0n) is 14.1. The van der Waals surface area contributed by atoms with Crippen LogP contribution < -0.4 is 5.56 Å². The summed E-state index contributed by atoms with van der Waals surface area (Å²) in [6, 6.07) is 5.03. The molecular weight excluding hydrogens is 365 g/mol. The maximum absolute atomic E-state index is 12.8. The number of hydrogen-bond acceptors (Lipinski definition) is 3. The van der Waals surface area contributed by atoms with E-state index in [2.05, 4.69) is 0 Å². The maximum Gasteiger partial charge on any atom is 0.416 e. The number of pyridine rings is 1. The Morgan fingerprint density at radius 2 is 1.93 bits per heavy atom. The first-order valence-corrected chi connectivity index (χ1v) is 8.28. The van der Waals surface area contributed by atoms with Crippen molar-refractivity contribution in [3.63, 3.8) is 0 Å². The monoisotopic (exact) mass is 382 g/mol. The molecule has 1 saturated heterocycles. The zero-order valence-corrected chi connectivity index (χ0v) is 14.1. The molecule has 1 atom stereocenters. The zero-order chi connectivity index (χ0) is 19.8. The van der Waals surface area contributed by atoms with Crippen molar-refractivity contribution in [2.45, 2.75) is 25.1 Å². The van der Waals surface area contributed by atoms with Crippen molar-refractivity contribution in [1.82, 2.24) is 9.47 Å². The van der Waals surface area contributed by atoms with Crippen LogP contribution in [0.25, 0.3) is 11.1 Å². The Morgan fingerprint density at radius 1 is 1.19 bits per heavy atom. The van der Waals surface area contributed by atoms with E-state index in [1.807, 2.05) is 0 Å². The number of hydrogen-bond donors (Lipinski definition) is 2. The van der Waals surface area contributed by atoms with Gasteiger partial charge >= 0.3 is 12.3 Å². The number of rotatable bonds is 2. The number of benzene rings is 1. The van der Waals surface area contributed by atoms with Crippen LogP contribution in [0, 0.1) is 0 Å². The van der Waals surface area contributed by atoms with Crippen LogP contribution in [0.5, 0.6) is 5.75 Å². The third-order valence-corrected chi connectivity index (χ3v) is 4.65. The molecule has 1 aliphatic heterocycles. The number of alkyl halides is 3. The fourth-order valence-corrected chi connectivity index (χ4v) is 3.29. The molecule has 0 spiro atoms. The Hall–Kier alpha value is -2.97. The van der Waals surface area contributed by atoms with Crippen LogP contribution in [-0.2, 0) is 6.18 Å². The number of phenols is 1. The molecule has 0 saturated carbocycles. The predicted octanol–water partition coefficient (Wildman–Crippen LogP) is 3.55. The van der Waals surface area contributed by atoms with Gasteiger partial charge < -0.3 is 19.7 Å². The number of carboxylic acid groups (broad SMARTS) is 1. The van der Waals surface area contributed by atoms with Crippen molar-refractivity contribution >= 4 is 6.09 Å². The highest BCUT2D eigenvalue weighted by molar-refractivity contribution is 5.70. The lowest BCUT2D eigenvalue weighted by molar-refractivity contribution is -0.137. The van der Waals surface area contributed by atoms with Crippen molar-refractivity contribution in [3.8, 4) is 16.9 Å². The average Bonchev–Trinajstić information content (AvgIpc) is 2.61. The van der Waals surface area contributed by atoms with E-state index in [1.54, 1.807) is 6.07 Å². The van der Waals surface area contributed by atoms with E-state index in [0.717, 1.165) is 12.1 Å². The van der Waals surface area contributed by atoms with E-state index in [9.17, 15) is 27.9 Å². The predicted molar refractivity (Wildman–Crippen MR) is 90.7 cm³/mol. The van der Waals surface area contributed by atoms with E-state index < -0.39 is 29.1 Å². The highest BCUT2D eigenvalue weighted by atomic mass is 19.4. The van der Waals surface area contributed by atoms with Gasteiger partial charge in [-0.1, -0.05) is 0 Å². The molecule has 1 unspecified atom stereocenters. The molecule has 2 heterocycles. The number of aromatic hydroxyl groups is 1. The topological polar surface area (TPSA) is 82.8 Å². The minimum atomic E-state index is -4.60. The summed E-state index contributed by atoms with van der Waals surface area (Å²) in [6.45, 7) is 0.539. The first-order valence-electron chi connectivity index (χ1n) is 8.28. The largest absolute Gasteiger partial charge is 0.507 e. The number of aromatic nitrogens is 1. The highest BCUT2D eigenvalue weighted by Gasteiger charge is 2.31. The number of piperidine rings is 1. The second-order valence-electron chi connectivity index (χ2n) is 6.39. The Kier molecular flexibility index (Phi) is 4.86. The molecule has 144 valence electrons. The van der Waals surface area contributed by atoms with Gasteiger partial charge in [-0.25, -0.2) is 4.79 Å². The smallest absolute Gasteiger partial charge is 0.416 e. The summed E-state index contributed by atoms with van der Waals surface area (Å²) < 4.78 is 39.7. The molecule has 1 aromatic carbocycles. The van der Waals surface area contributed by atoms with Gasteiger partial charge in [0.25, 0.3) is 5.56 Å². The number of phenolic OH excluding ortho intramolecular Hbond substituents is 1. The van der Waals surface area contributed by atoms with Crippen LogP contribution in [0.15, 0.2) is 41.3 Å². The molecule has 2 N–H and O–H groups in total. The Bertz CT molecular complexity index is 924. The number of nitrogens with zero attached hydrogens (tertiary/aromatic N) is 2. The minimum absolute atomic E-state index is 0.00625. The van der Waals surface area contributed by atoms with Crippen molar-refractivity contribution in [2.24, 2.45) is 0 Å². The molecule has 1 amide bonds. The molecule has 9 heteroatoms. The fraction of sp³-hybridized carbons (Fsp3) is 0.333. The molecule has 0 radical (unpaired) electrons. The number of likely N-dealkylation sites (tertiary alicyclic amines) is 1. The van der Waals surface area contributed by atoms with Crippen LogP contribution in [-0.4, -0.2) is 38.9 Å².